The molecule has 0 aliphatic carbocycles. The zero-order valence-corrected chi connectivity index (χ0v) is 11.2. The molecule has 0 amide bonds. The fourth-order valence-electron chi connectivity index (χ4n) is 1.60. The Balaban J connectivity index is 2.45. The second-order valence-electron chi connectivity index (χ2n) is 3.85. The van der Waals surface area contributed by atoms with E-state index in [0.29, 0.717) is 10.0 Å². The third-order valence-corrected chi connectivity index (χ3v) is 3.01. The van der Waals surface area contributed by atoms with Crippen LogP contribution in [0.25, 0.3) is 11.6 Å². The van der Waals surface area contributed by atoms with E-state index in [1.807, 2.05) is 6.07 Å². The van der Waals surface area contributed by atoms with Crippen LogP contribution in [0, 0.1) is 17.1 Å². The molecule has 4 heteroatoms. The third kappa shape index (κ3) is 3.35. The monoisotopic (exact) mass is 291 g/mol. The SMILES string of the molecule is N#C/C(=C\c1ccc(Cl)cc1)c1ccc(Cl)cc1F. The van der Waals surface area contributed by atoms with E-state index < -0.39 is 5.82 Å². The molecule has 0 N–H and O–H groups in total. The van der Waals surface area contributed by atoms with Crippen molar-refractivity contribution in [1.29, 1.82) is 5.26 Å². The van der Waals surface area contributed by atoms with Crippen LogP contribution >= 0.6 is 23.2 Å². The molecule has 2 aromatic rings. The molecule has 0 saturated heterocycles. The van der Waals surface area contributed by atoms with Gasteiger partial charge in [0.1, 0.15) is 5.82 Å². The Labute approximate surface area is 120 Å². The summed E-state index contributed by atoms with van der Waals surface area (Å²) in [5.41, 5.74) is 1.23. The van der Waals surface area contributed by atoms with Crippen molar-refractivity contribution in [2.75, 3.05) is 0 Å². The Bertz CT molecular complexity index is 670. The highest BCUT2D eigenvalue weighted by Gasteiger charge is 2.08. The van der Waals surface area contributed by atoms with Crippen molar-refractivity contribution < 1.29 is 4.39 Å². The van der Waals surface area contributed by atoms with Gasteiger partial charge >= 0.3 is 0 Å². The molecule has 0 saturated carbocycles. The van der Waals surface area contributed by atoms with E-state index in [2.05, 4.69) is 0 Å². The van der Waals surface area contributed by atoms with Gasteiger partial charge in [-0.3, -0.25) is 0 Å². The third-order valence-electron chi connectivity index (χ3n) is 2.52. The summed E-state index contributed by atoms with van der Waals surface area (Å²) in [5.74, 6) is -0.519. The number of hydrogen-bond acceptors (Lipinski definition) is 1. The van der Waals surface area contributed by atoms with Crippen LogP contribution in [-0.2, 0) is 0 Å². The van der Waals surface area contributed by atoms with Crippen molar-refractivity contribution in [3.8, 4) is 6.07 Å². The first kappa shape index (κ1) is 13.6. The van der Waals surface area contributed by atoms with Gasteiger partial charge in [0, 0.05) is 15.6 Å². The molecule has 0 spiro atoms. The largest absolute Gasteiger partial charge is 0.206 e. The Morgan fingerprint density at radius 3 is 2.26 bits per heavy atom. The fourth-order valence-corrected chi connectivity index (χ4v) is 1.89. The predicted molar refractivity (Wildman–Crippen MR) is 76.3 cm³/mol. The van der Waals surface area contributed by atoms with Gasteiger partial charge in [-0.15, -0.1) is 0 Å². The summed E-state index contributed by atoms with van der Waals surface area (Å²) in [6, 6.07) is 13.1. The number of hydrogen-bond donors (Lipinski definition) is 0. The maximum absolute atomic E-state index is 13.8. The van der Waals surface area contributed by atoms with Crippen LogP contribution < -0.4 is 0 Å². The van der Waals surface area contributed by atoms with Crippen molar-refractivity contribution in [1.82, 2.24) is 0 Å². The van der Waals surface area contributed by atoms with Crippen LogP contribution in [0.3, 0.4) is 0 Å². The number of benzene rings is 2. The maximum atomic E-state index is 13.8. The Morgan fingerprint density at radius 1 is 1.05 bits per heavy atom. The van der Waals surface area contributed by atoms with Crippen molar-refractivity contribution in [2.24, 2.45) is 0 Å². The average molecular weight is 292 g/mol. The van der Waals surface area contributed by atoms with E-state index in [-0.39, 0.29) is 11.1 Å². The lowest BCUT2D eigenvalue weighted by Crippen LogP contribution is -1.88. The molecule has 0 aliphatic heterocycles. The first-order valence-electron chi connectivity index (χ1n) is 5.43. The molecule has 0 unspecified atom stereocenters. The molecule has 2 aromatic carbocycles. The van der Waals surface area contributed by atoms with Crippen molar-refractivity contribution in [3.63, 3.8) is 0 Å². The van der Waals surface area contributed by atoms with Gasteiger partial charge in [0.05, 0.1) is 11.6 Å². The lowest BCUT2D eigenvalue weighted by Gasteiger charge is -2.02. The van der Waals surface area contributed by atoms with E-state index in [1.54, 1.807) is 36.4 Å². The molecule has 0 heterocycles. The summed E-state index contributed by atoms with van der Waals surface area (Å²) in [6.45, 7) is 0. The number of nitrogens with zero attached hydrogens (tertiary/aromatic N) is 1. The van der Waals surface area contributed by atoms with Crippen LogP contribution in [0.2, 0.25) is 10.0 Å². The number of halogens is 3. The normalized spacial score (nSPS) is 11.2. The van der Waals surface area contributed by atoms with Gasteiger partial charge in [0.25, 0.3) is 0 Å². The van der Waals surface area contributed by atoms with E-state index >= 15 is 0 Å². The lowest BCUT2D eigenvalue weighted by atomic mass is 10.0. The Hall–Kier alpha value is -1.82. The molecule has 0 radical (unpaired) electrons. The van der Waals surface area contributed by atoms with Gasteiger partial charge in [-0.2, -0.15) is 5.26 Å². The highest BCUT2D eigenvalue weighted by atomic mass is 35.5. The summed E-state index contributed by atoms with van der Waals surface area (Å²) in [5, 5.41) is 10.0. The van der Waals surface area contributed by atoms with Crippen molar-refractivity contribution >= 4 is 34.9 Å². The highest BCUT2D eigenvalue weighted by Crippen LogP contribution is 2.23. The average Bonchev–Trinajstić information content (AvgIpc) is 2.39. The molecule has 94 valence electrons. The van der Waals surface area contributed by atoms with Crippen molar-refractivity contribution in [2.45, 2.75) is 0 Å². The lowest BCUT2D eigenvalue weighted by molar-refractivity contribution is 0.624. The molecule has 0 aromatic heterocycles. The van der Waals surface area contributed by atoms with Crippen LogP contribution in [0.4, 0.5) is 4.39 Å². The van der Waals surface area contributed by atoms with Gasteiger partial charge in [0.15, 0.2) is 0 Å². The molecular weight excluding hydrogens is 284 g/mol. The topological polar surface area (TPSA) is 23.8 Å². The number of nitriles is 1. The summed E-state index contributed by atoms with van der Waals surface area (Å²) in [7, 11) is 0. The van der Waals surface area contributed by atoms with E-state index in [1.165, 1.54) is 12.1 Å². The standard InChI is InChI=1S/C15H8Cl2FN/c16-12-3-1-10(2-4-12)7-11(9-19)14-6-5-13(17)8-15(14)18/h1-8H/b11-7+. The maximum Gasteiger partial charge on any atom is 0.133 e. The predicted octanol–water partition coefficient (Wildman–Crippen LogP) is 5.20. The minimum Gasteiger partial charge on any atom is -0.206 e. The number of allylic oxidation sites excluding steroid dienone is 1. The Morgan fingerprint density at radius 2 is 1.68 bits per heavy atom. The first-order chi connectivity index (χ1) is 9.10. The summed E-state index contributed by atoms with van der Waals surface area (Å²) >= 11 is 11.5. The Kier molecular flexibility index (Phi) is 4.21. The molecular formula is C15H8Cl2FN. The van der Waals surface area contributed by atoms with Crippen LogP contribution in [-0.4, -0.2) is 0 Å². The molecule has 0 fully saturated rings. The summed E-state index contributed by atoms with van der Waals surface area (Å²) < 4.78 is 13.8. The smallest absolute Gasteiger partial charge is 0.133 e. The minimum atomic E-state index is -0.519. The molecule has 0 bridgehead atoms. The van der Waals surface area contributed by atoms with Gasteiger partial charge in [0.2, 0.25) is 0 Å². The molecule has 0 atom stereocenters. The quantitative estimate of drug-likeness (QED) is 0.551. The summed E-state index contributed by atoms with van der Waals surface area (Å²) in [4.78, 5) is 0. The van der Waals surface area contributed by atoms with Crippen LogP contribution in [0.5, 0.6) is 0 Å². The molecule has 0 aliphatic rings. The molecule has 19 heavy (non-hydrogen) atoms. The molecule has 2 rings (SSSR count). The van der Waals surface area contributed by atoms with Gasteiger partial charge in [-0.1, -0.05) is 35.3 Å². The minimum absolute atomic E-state index is 0.224. The zero-order chi connectivity index (χ0) is 13.8. The van der Waals surface area contributed by atoms with E-state index in [9.17, 15) is 4.39 Å². The second-order valence-corrected chi connectivity index (χ2v) is 4.72. The van der Waals surface area contributed by atoms with E-state index in [0.717, 1.165) is 5.56 Å². The van der Waals surface area contributed by atoms with Crippen molar-refractivity contribution in [3.05, 3.63) is 69.5 Å². The first-order valence-corrected chi connectivity index (χ1v) is 6.18. The van der Waals surface area contributed by atoms with Gasteiger partial charge < -0.3 is 0 Å². The van der Waals surface area contributed by atoms with E-state index in [4.69, 9.17) is 28.5 Å². The zero-order valence-electron chi connectivity index (χ0n) is 9.70. The number of rotatable bonds is 2. The fraction of sp³-hybridized carbons (Fsp3) is 0. The highest BCUT2D eigenvalue weighted by molar-refractivity contribution is 6.30. The van der Waals surface area contributed by atoms with Gasteiger partial charge in [-0.05, 0) is 42.0 Å². The van der Waals surface area contributed by atoms with Crippen LogP contribution in [0.15, 0.2) is 42.5 Å². The second kappa shape index (κ2) is 5.88. The van der Waals surface area contributed by atoms with Gasteiger partial charge in [-0.25, -0.2) is 4.39 Å². The molecule has 1 nitrogen and oxygen atoms in total. The summed E-state index contributed by atoms with van der Waals surface area (Å²) in [6.07, 6.45) is 1.60. The van der Waals surface area contributed by atoms with Crippen LogP contribution in [0.1, 0.15) is 11.1 Å².